The second-order valence-corrected chi connectivity index (χ2v) is 5.81. The summed E-state index contributed by atoms with van der Waals surface area (Å²) in [6.45, 7) is 0. The molecule has 3 rings (SSSR count). The number of benzene rings is 2. The van der Waals surface area contributed by atoms with Crippen molar-refractivity contribution in [1.82, 2.24) is 9.97 Å². The van der Waals surface area contributed by atoms with Crippen LogP contribution in [0.2, 0.25) is 0 Å². The molecule has 1 aromatic heterocycles. The number of nitrogens with one attached hydrogen (secondary N) is 2. The third-order valence-electron chi connectivity index (χ3n) is 4.05. The smallest absolute Gasteiger partial charge is 0.339 e. The van der Waals surface area contributed by atoms with Crippen LogP contribution in [0.15, 0.2) is 54.9 Å². The molecule has 0 unspecified atom stereocenters. The molecule has 0 aliphatic carbocycles. The first kappa shape index (κ1) is 19.6. The summed E-state index contributed by atoms with van der Waals surface area (Å²) in [5.74, 6) is -0.416. The van der Waals surface area contributed by atoms with Crippen LogP contribution in [0.4, 0.5) is 28.7 Å². The van der Waals surface area contributed by atoms with E-state index in [2.05, 4.69) is 20.6 Å². The zero-order chi connectivity index (χ0) is 20.8. The highest BCUT2D eigenvalue weighted by Crippen LogP contribution is 2.30. The van der Waals surface area contributed by atoms with E-state index in [-0.39, 0.29) is 17.3 Å². The van der Waals surface area contributed by atoms with Gasteiger partial charge >= 0.3 is 11.9 Å². The fourth-order valence-corrected chi connectivity index (χ4v) is 2.61. The summed E-state index contributed by atoms with van der Waals surface area (Å²) >= 11 is 0. The molecule has 0 saturated heterocycles. The number of esters is 2. The van der Waals surface area contributed by atoms with Crippen LogP contribution in [0, 0.1) is 0 Å². The zero-order valence-electron chi connectivity index (χ0n) is 15.8. The Morgan fingerprint density at radius 3 is 1.62 bits per heavy atom. The van der Waals surface area contributed by atoms with Gasteiger partial charge in [0, 0.05) is 0 Å². The van der Waals surface area contributed by atoms with Crippen LogP contribution in [0.5, 0.6) is 0 Å². The fourth-order valence-electron chi connectivity index (χ4n) is 2.61. The van der Waals surface area contributed by atoms with E-state index >= 15 is 0 Å². The van der Waals surface area contributed by atoms with Gasteiger partial charge in [0.05, 0.1) is 36.7 Å². The standard InChI is InChI=1S/C20H19N5O4/c1-28-19(26)12-7-3-5-9-14(12)24-17-16(21)18(23-11-22-17)25-15-10-6-4-8-13(15)20(27)29-2/h3-11H,21H2,1-2H3,(H2,22,23,24,25). The maximum Gasteiger partial charge on any atom is 0.339 e. The molecule has 0 amide bonds. The third-order valence-corrected chi connectivity index (χ3v) is 4.05. The lowest BCUT2D eigenvalue weighted by atomic mass is 10.1. The first-order chi connectivity index (χ1) is 14.0. The predicted octanol–water partition coefficient (Wildman–Crippen LogP) is 3.12. The normalized spacial score (nSPS) is 10.1. The summed E-state index contributed by atoms with van der Waals surface area (Å²) in [5.41, 5.74) is 8.03. The molecule has 0 radical (unpaired) electrons. The van der Waals surface area contributed by atoms with Gasteiger partial charge in [-0.05, 0) is 24.3 Å². The number of nitrogens with two attached hydrogens (primary N) is 1. The first-order valence-electron chi connectivity index (χ1n) is 8.54. The van der Waals surface area contributed by atoms with Gasteiger partial charge in [-0.15, -0.1) is 0 Å². The molecule has 0 bridgehead atoms. The van der Waals surface area contributed by atoms with Crippen molar-refractivity contribution >= 4 is 40.6 Å². The largest absolute Gasteiger partial charge is 0.465 e. The number of methoxy groups -OCH3 is 2. The summed E-state index contributed by atoms with van der Waals surface area (Å²) in [4.78, 5) is 32.2. The number of aromatic nitrogens is 2. The molecule has 0 fully saturated rings. The van der Waals surface area contributed by atoms with E-state index < -0.39 is 11.9 Å². The van der Waals surface area contributed by atoms with Crippen molar-refractivity contribution in [1.29, 1.82) is 0 Å². The molecular weight excluding hydrogens is 374 g/mol. The molecular formula is C20H19N5O4. The molecule has 3 aromatic rings. The first-order valence-corrected chi connectivity index (χ1v) is 8.54. The van der Waals surface area contributed by atoms with Gasteiger partial charge in [0.2, 0.25) is 0 Å². The van der Waals surface area contributed by atoms with Crippen LogP contribution < -0.4 is 16.4 Å². The zero-order valence-corrected chi connectivity index (χ0v) is 15.8. The van der Waals surface area contributed by atoms with E-state index in [1.807, 2.05) is 0 Å². The van der Waals surface area contributed by atoms with Crippen molar-refractivity contribution in [3.8, 4) is 0 Å². The maximum atomic E-state index is 12.0. The minimum atomic E-state index is -0.494. The second-order valence-electron chi connectivity index (χ2n) is 5.81. The van der Waals surface area contributed by atoms with Crippen LogP contribution in [0.3, 0.4) is 0 Å². The van der Waals surface area contributed by atoms with E-state index in [1.165, 1.54) is 20.5 Å². The van der Waals surface area contributed by atoms with Crippen molar-refractivity contribution < 1.29 is 19.1 Å². The summed E-state index contributed by atoms with van der Waals surface area (Å²) in [6.07, 6.45) is 1.31. The Kier molecular flexibility index (Phi) is 5.88. The lowest BCUT2D eigenvalue weighted by Crippen LogP contribution is -2.10. The molecule has 4 N–H and O–H groups in total. The van der Waals surface area contributed by atoms with Gasteiger partial charge in [-0.25, -0.2) is 19.6 Å². The van der Waals surface area contributed by atoms with Crippen molar-refractivity contribution in [3.05, 3.63) is 66.0 Å². The maximum absolute atomic E-state index is 12.0. The number of nitrogen functional groups attached to an aromatic ring is 1. The molecule has 9 heteroatoms. The summed E-state index contributed by atoms with van der Waals surface area (Å²) in [7, 11) is 2.61. The van der Waals surface area contributed by atoms with Crippen LogP contribution >= 0.6 is 0 Å². The van der Waals surface area contributed by atoms with Crippen LogP contribution in [0.25, 0.3) is 0 Å². The number of carbonyl (C=O) groups is 2. The van der Waals surface area contributed by atoms with Gasteiger partial charge in [0.15, 0.2) is 11.6 Å². The Hall–Kier alpha value is -4.14. The molecule has 148 valence electrons. The van der Waals surface area contributed by atoms with Gasteiger partial charge in [-0.3, -0.25) is 0 Å². The molecule has 1 heterocycles. The topological polar surface area (TPSA) is 128 Å². The van der Waals surface area contributed by atoms with Gasteiger partial charge in [-0.2, -0.15) is 0 Å². The summed E-state index contributed by atoms with van der Waals surface area (Å²) < 4.78 is 9.59. The second kappa shape index (κ2) is 8.70. The van der Waals surface area contributed by atoms with E-state index in [9.17, 15) is 9.59 Å². The lowest BCUT2D eigenvalue weighted by Gasteiger charge is -2.15. The van der Waals surface area contributed by atoms with Crippen molar-refractivity contribution in [2.45, 2.75) is 0 Å². The predicted molar refractivity (Wildman–Crippen MR) is 109 cm³/mol. The SMILES string of the molecule is COC(=O)c1ccccc1Nc1ncnc(Nc2ccccc2C(=O)OC)c1N. The van der Waals surface area contributed by atoms with E-state index in [0.29, 0.717) is 22.5 Å². The lowest BCUT2D eigenvalue weighted by molar-refractivity contribution is 0.0593. The van der Waals surface area contributed by atoms with Crippen LogP contribution in [0.1, 0.15) is 20.7 Å². The highest BCUT2D eigenvalue weighted by molar-refractivity contribution is 5.98. The molecule has 0 atom stereocenters. The van der Waals surface area contributed by atoms with Gasteiger partial charge in [-0.1, -0.05) is 24.3 Å². The number of para-hydroxylation sites is 2. The van der Waals surface area contributed by atoms with Crippen LogP contribution in [-0.2, 0) is 9.47 Å². The average molecular weight is 393 g/mol. The monoisotopic (exact) mass is 393 g/mol. The minimum Gasteiger partial charge on any atom is -0.465 e. The Bertz CT molecular complexity index is 975. The molecule has 0 saturated carbocycles. The number of carbonyl (C=O) groups excluding carboxylic acids is 2. The summed E-state index contributed by atoms with van der Waals surface area (Å²) in [5, 5.41) is 6.04. The highest BCUT2D eigenvalue weighted by Gasteiger charge is 2.16. The van der Waals surface area contributed by atoms with Gasteiger partial charge < -0.3 is 25.8 Å². The van der Waals surface area contributed by atoms with Crippen molar-refractivity contribution in [2.75, 3.05) is 30.6 Å². The van der Waals surface area contributed by atoms with Crippen LogP contribution in [-0.4, -0.2) is 36.1 Å². The Balaban J connectivity index is 1.93. The molecule has 0 aliphatic rings. The van der Waals surface area contributed by atoms with Gasteiger partial charge in [0.1, 0.15) is 12.0 Å². The number of hydrogen-bond donors (Lipinski definition) is 3. The quantitative estimate of drug-likeness (QED) is 0.541. The van der Waals surface area contributed by atoms with Gasteiger partial charge in [0.25, 0.3) is 0 Å². The number of rotatable bonds is 6. The molecule has 9 nitrogen and oxygen atoms in total. The molecule has 29 heavy (non-hydrogen) atoms. The Morgan fingerprint density at radius 2 is 1.21 bits per heavy atom. The molecule has 0 spiro atoms. The van der Waals surface area contributed by atoms with E-state index in [4.69, 9.17) is 15.2 Å². The highest BCUT2D eigenvalue weighted by atomic mass is 16.5. The molecule has 2 aromatic carbocycles. The summed E-state index contributed by atoms with van der Waals surface area (Å²) in [6, 6.07) is 13.6. The Morgan fingerprint density at radius 1 is 0.793 bits per heavy atom. The number of anilines is 5. The fraction of sp³-hybridized carbons (Fsp3) is 0.100. The van der Waals surface area contributed by atoms with E-state index in [0.717, 1.165) is 0 Å². The number of ether oxygens (including phenoxy) is 2. The van der Waals surface area contributed by atoms with Crippen molar-refractivity contribution in [3.63, 3.8) is 0 Å². The van der Waals surface area contributed by atoms with E-state index in [1.54, 1.807) is 48.5 Å². The Labute approximate surface area is 166 Å². The average Bonchev–Trinajstić information content (AvgIpc) is 2.76. The third kappa shape index (κ3) is 4.24. The molecule has 0 aliphatic heterocycles. The minimum absolute atomic E-state index is 0.201. The number of hydrogen-bond acceptors (Lipinski definition) is 9. The van der Waals surface area contributed by atoms with Crippen molar-refractivity contribution in [2.24, 2.45) is 0 Å². The number of nitrogens with zero attached hydrogens (tertiary/aromatic N) is 2.